The van der Waals surface area contributed by atoms with E-state index in [1.165, 1.54) is 14.7 Å². The monoisotopic (exact) mass is 386 g/mol. The predicted molar refractivity (Wildman–Crippen MR) is 117 cm³/mol. The van der Waals surface area contributed by atoms with Crippen molar-refractivity contribution < 1.29 is 0 Å². The highest BCUT2D eigenvalue weighted by Crippen LogP contribution is 2.20. The van der Waals surface area contributed by atoms with Crippen molar-refractivity contribution in [1.29, 1.82) is 0 Å². The molecule has 0 atom stereocenters. The molecule has 0 spiro atoms. The SMILES string of the molecule is CCn1c(=O)c2[nH]c(/C=C/c3ccc(-c4ccccc4)cc3)nc2n(CC)c1=O. The molecule has 2 heterocycles. The average molecular weight is 386 g/mol. The molecule has 0 unspecified atom stereocenters. The Morgan fingerprint density at radius 3 is 2.17 bits per heavy atom. The zero-order valence-corrected chi connectivity index (χ0v) is 16.4. The highest BCUT2D eigenvalue weighted by molar-refractivity contribution is 5.76. The smallest absolute Gasteiger partial charge is 0.332 e. The predicted octanol–water partition coefficient (Wildman–Crippen LogP) is 3.76. The van der Waals surface area contributed by atoms with Gasteiger partial charge in [0.1, 0.15) is 11.3 Å². The van der Waals surface area contributed by atoms with Gasteiger partial charge in [-0.1, -0.05) is 60.7 Å². The van der Waals surface area contributed by atoms with Crippen LogP contribution in [-0.2, 0) is 13.1 Å². The fourth-order valence-electron chi connectivity index (χ4n) is 3.42. The Labute approximate surface area is 167 Å². The summed E-state index contributed by atoms with van der Waals surface area (Å²) in [5.41, 5.74) is 3.42. The molecule has 4 aromatic rings. The van der Waals surface area contributed by atoms with Gasteiger partial charge in [0.25, 0.3) is 5.56 Å². The van der Waals surface area contributed by atoms with Gasteiger partial charge >= 0.3 is 5.69 Å². The summed E-state index contributed by atoms with van der Waals surface area (Å²) in [6, 6.07) is 18.4. The molecule has 4 rings (SSSR count). The average Bonchev–Trinajstić information content (AvgIpc) is 3.18. The van der Waals surface area contributed by atoms with Gasteiger partial charge in [0.05, 0.1) is 0 Å². The number of aromatic amines is 1. The number of nitrogens with zero attached hydrogens (tertiary/aromatic N) is 3. The van der Waals surface area contributed by atoms with Crippen molar-refractivity contribution in [2.45, 2.75) is 26.9 Å². The first-order chi connectivity index (χ1) is 14.1. The van der Waals surface area contributed by atoms with Gasteiger partial charge in [-0.05, 0) is 36.6 Å². The summed E-state index contributed by atoms with van der Waals surface area (Å²) < 4.78 is 2.74. The van der Waals surface area contributed by atoms with E-state index < -0.39 is 0 Å². The first kappa shape index (κ1) is 18.7. The van der Waals surface area contributed by atoms with Crippen molar-refractivity contribution in [2.75, 3.05) is 0 Å². The zero-order chi connectivity index (χ0) is 20.4. The Kier molecular flexibility index (Phi) is 4.99. The van der Waals surface area contributed by atoms with Crippen LogP contribution in [-0.4, -0.2) is 19.1 Å². The third-order valence-corrected chi connectivity index (χ3v) is 4.96. The van der Waals surface area contributed by atoms with Gasteiger partial charge < -0.3 is 4.98 Å². The molecule has 0 aliphatic heterocycles. The summed E-state index contributed by atoms with van der Waals surface area (Å²) >= 11 is 0. The van der Waals surface area contributed by atoms with Crippen LogP contribution in [0.5, 0.6) is 0 Å². The van der Waals surface area contributed by atoms with E-state index in [-0.39, 0.29) is 11.2 Å². The van der Waals surface area contributed by atoms with E-state index in [9.17, 15) is 9.59 Å². The van der Waals surface area contributed by atoms with Crippen LogP contribution >= 0.6 is 0 Å². The number of aromatic nitrogens is 4. The number of imidazole rings is 1. The summed E-state index contributed by atoms with van der Waals surface area (Å²) in [4.78, 5) is 32.5. The van der Waals surface area contributed by atoms with Crippen molar-refractivity contribution in [3.8, 4) is 11.1 Å². The van der Waals surface area contributed by atoms with Crippen LogP contribution in [0.15, 0.2) is 64.2 Å². The molecule has 0 radical (unpaired) electrons. The molecular weight excluding hydrogens is 364 g/mol. The lowest BCUT2D eigenvalue weighted by Crippen LogP contribution is -2.39. The maximum absolute atomic E-state index is 12.6. The summed E-state index contributed by atoms with van der Waals surface area (Å²) in [5, 5.41) is 0. The zero-order valence-electron chi connectivity index (χ0n) is 16.4. The van der Waals surface area contributed by atoms with E-state index >= 15 is 0 Å². The Hall–Kier alpha value is -3.67. The van der Waals surface area contributed by atoms with E-state index in [0.29, 0.717) is 30.1 Å². The topological polar surface area (TPSA) is 72.7 Å². The van der Waals surface area contributed by atoms with E-state index in [1.807, 2.05) is 49.4 Å². The molecule has 0 aliphatic carbocycles. The Morgan fingerprint density at radius 1 is 0.862 bits per heavy atom. The standard InChI is InChI=1S/C23H22N4O2/c1-3-26-21-20(22(28)27(4-2)23(26)29)24-19(25-21)15-12-16-10-13-18(14-11-16)17-8-6-5-7-9-17/h5-15H,3-4H2,1-2H3,(H,24,25)/b15-12+. The number of fused-ring (bicyclic) bond motifs is 1. The quantitative estimate of drug-likeness (QED) is 0.568. The minimum absolute atomic E-state index is 0.325. The molecule has 0 aliphatic rings. The van der Waals surface area contributed by atoms with Crippen molar-refractivity contribution in [3.05, 3.63) is 86.8 Å². The van der Waals surface area contributed by atoms with Gasteiger partial charge in [-0.25, -0.2) is 9.78 Å². The van der Waals surface area contributed by atoms with Crippen LogP contribution in [0.25, 0.3) is 34.4 Å². The highest BCUT2D eigenvalue weighted by Gasteiger charge is 2.14. The number of hydrogen-bond donors (Lipinski definition) is 1. The largest absolute Gasteiger partial charge is 0.333 e. The number of benzene rings is 2. The van der Waals surface area contributed by atoms with Crippen LogP contribution in [0, 0.1) is 0 Å². The first-order valence-electron chi connectivity index (χ1n) is 9.69. The van der Waals surface area contributed by atoms with Gasteiger partial charge in [0.15, 0.2) is 5.65 Å². The molecule has 6 nitrogen and oxygen atoms in total. The summed E-state index contributed by atoms with van der Waals surface area (Å²) in [5.74, 6) is 0.541. The minimum atomic E-state index is -0.337. The Balaban J connectivity index is 1.68. The molecular formula is C23H22N4O2. The van der Waals surface area contributed by atoms with Gasteiger partial charge in [-0.2, -0.15) is 0 Å². The van der Waals surface area contributed by atoms with Crippen molar-refractivity contribution in [1.82, 2.24) is 19.1 Å². The van der Waals surface area contributed by atoms with Gasteiger partial charge in [-0.15, -0.1) is 0 Å². The molecule has 29 heavy (non-hydrogen) atoms. The molecule has 0 bridgehead atoms. The van der Waals surface area contributed by atoms with Crippen molar-refractivity contribution in [2.24, 2.45) is 0 Å². The summed E-state index contributed by atoms with van der Waals surface area (Å²) in [7, 11) is 0. The molecule has 2 aromatic heterocycles. The third-order valence-electron chi connectivity index (χ3n) is 4.96. The summed E-state index contributed by atoms with van der Waals surface area (Å²) in [6.07, 6.45) is 3.75. The van der Waals surface area contributed by atoms with Crippen LogP contribution in [0.4, 0.5) is 0 Å². The van der Waals surface area contributed by atoms with E-state index in [4.69, 9.17) is 0 Å². The minimum Gasteiger partial charge on any atom is -0.333 e. The normalized spacial score (nSPS) is 11.5. The highest BCUT2D eigenvalue weighted by atomic mass is 16.2. The number of H-pyrrole nitrogens is 1. The molecule has 146 valence electrons. The molecule has 2 aromatic carbocycles. The molecule has 1 N–H and O–H groups in total. The number of nitrogens with one attached hydrogen (secondary N) is 1. The van der Waals surface area contributed by atoms with Crippen LogP contribution < -0.4 is 11.2 Å². The van der Waals surface area contributed by atoms with E-state index in [0.717, 1.165) is 11.1 Å². The molecule has 0 amide bonds. The second-order valence-electron chi connectivity index (χ2n) is 6.72. The Morgan fingerprint density at radius 2 is 1.52 bits per heavy atom. The fourth-order valence-corrected chi connectivity index (χ4v) is 3.42. The fraction of sp³-hybridized carbons (Fsp3) is 0.174. The van der Waals surface area contributed by atoms with Gasteiger partial charge in [-0.3, -0.25) is 13.9 Å². The van der Waals surface area contributed by atoms with E-state index in [1.54, 1.807) is 6.92 Å². The van der Waals surface area contributed by atoms with Crippen LogP contribution in [0.2, 0.25) is 0 Å². The van der Waals surface area contributed by atoms with Crippen molar-refractivity contribution in [3.63, 3.8) is 0 Å². The molecule has 6 heteroatoms. The summed E-state index contributed by atoms with van der Waals surface area (Å²) in [6.45, 7) is 4.42. The second kappa shape index (κ2) is 7.75. The lowest BCUT2D eigenvalue weighted by atomic mass is 10.0. The Bertz CT molecular complexity index is 1290. The number of aryl methyl sites for hydroxylation is 1. The molecule has 0 saturated carbocycles. The lowest BCUT2D eigenvalue weighted by Gasteiger charge is -2.06. The second-order valence-corrected chi connectivity index (χ2v) is 6.72. The van der Waals surface area contributed by atoms with Crippen LogP contribution in [0.1, 0.15) is 25.2 Å². The van der Waals surface area contributed by atoms with Gasteiger partial charge in [0, 0.05) is 13.1 Å². The molecule has 0 saturated heterocycles. The first-order valence-corrected chi connectivity index (χ1v) is 9.69. The number of rotatable bonds is 5. The maximum atomic E-state index is 12.6. The van der Waals surface area contributed by atoms with Crippen LogP contribution in [0.3, 0.4) is 0 Å². The van der Waals surface area contributed by atoms with Gasteiger partial charge in [0.2, 0.25) is 0 Å². The van der Waals surface area contributed by atoms with Crippen molar-refractivity contribution >= 4 is 23.3 Å². The lowest BCUT2D eigenvalue weighted by molar-refractivity contribution is 0.605. The molecule has 0 fully saturated rings. The van der Waals surface area contributed by atoms with E-state index in [2.05, 4.69) is 34.2 Å². The number of hydrogen-bond acceptors (Lipinski definition) is 3. The maximum Gasteiger partial charge on any atom is 0.332 e. The third kappa shape index (κ3) is 3.45.